The Hall–Kier alpha value is -4.40. The number of methoxy groups -OCH3 is 1. The number of amides is 2. The Morgan fingerprint density at radius 3 is 2.33 bits per heavy atom. The lowest BCUT2D eigenvalue weighted by Gasteiger charge is -2.18. The van der Waals surface area contributed by atoms with E-state index in [1.54, 1.807) is 31.4 Å². The van der Waals surface area contributed by atoms with Crippen LogP contribution in [0.25, 0.3) is 0 Å². The molecule has 0 spiro atoms. The third-order valence-electron chi connectivity index (χ3n) is 5.66. The van der Waals surface area contributed by atoms with Crippen molar-refractivity contribution < 1.29 is 19.2 Å². The van der Waals surface area contributed by atoms with Crippen LogP contribution in [0.5, 0.6) is 5.75 Å². The molecule has 1 atom stereocenters. The van der Waals surface area contributed by atoms with Crippen LogP contribution in [0.1, 0.15) is 33.8 Å². The van der Waals surface area contributed by atoms with E-state index in [9.17, 15) is 19.7 Å². The van der Waals surface area contributed by atoms with Crippen LogP contribution < -0.4 is 20.7 Å². The number of nitro groups is 1. The maximum absolute atomic E-state index is 12.7. The summed E-state index contributed by atoms with van der Waals surface area (Å²) in [4.78, 5) is 35.9. The van der Waals surface area contributed by atoms with Crippen LogP contribution in [0.2, 0.25) is 0 Å². The monoisotopic (exact) mass is 490 g/mol. The Kier molecular flexibility index (Phi) is 9.39. The van der Waals surface area contributed by atoms with Gasteiger partial charge in [-0.1, -0.05) is 29.8 Å². The molecule has 0 radical (unpaired) electrons. The van der Waals surface area contributed by atoms with Crippen molar-refractivity contribution in [2.24, 2.45) is 0 Å². The number of nitro benzene ring substituents is 1. The van der Waals surface area contributed by atoms with Crippen LogP contribution in [0.15, 0.2) is 72.8 Å². The average Bonchev–Trinajstić information content (AvgIpc) is 2.89. The minimum Gasteiger partial charge on any atom is -0.497 e. The Morgan fingerprint density at radius 2 is 1.69 bits per heavy atom. The summed E-state index contributed by atoms with van der Waals surface area (Å²) in [5, 5.41) is 20.0. The van der Waals surface area contributed by atoms with Gasteiger partial charge in [0.25, 0.3) is 11.6 Å². The number of nitrogens with zero attached hydrogens (tertiary/aromatic N) is 1. The first-order chi connectivity index (χ1) is 17.4. The smallest absolute Gasteiger partial charge is 0.269 e. The molecule has 9 heteroatoms. The molecule has 0 aliphatic carbocycles. The number of ether oxygens (including phenoxy) is 1. The van der Waals surface area contributed by atoms with E-state index in [1.165, 1.54) is 12.1 Å². The van der Waals surface area contributed by atoms with Gasteiger partial charge >= 0.3 is 0 Å². The molecule has 9 nitrogen and oxygen atoms in total. The van der Waals surface area contributed by atoms with Crippen LogP contribution in [-0.2, 0) is 4.79 Å². The van der Waals surface area contributed by atoms with Crippen LogP contribution in [0, 0.1) is 17.0 Å². The predicted octanol–water partition coefficient (Wildman–Crippen LogP) is 4.04. The number of carbonyl (C=O) groups is 2. The summed E-state index contributed by atoms with van der Waals surface area (Å²) in [5.74, 6) is -0.0101. The fraction of sp³-hybridized carbons (Fsp3) is 0.259. The first kappa shape index (κ1) is 26.2. The molecule has 3 aromatic rings. The molecule has 0 fully saturated rings. The Labute approximate surface area is 210 Å². The van der Waals surface area contributed by atoms with Gasteiger partial charge in [-0.15, -0.1) is 0 Å². The summed E-state index contributed by atoms with van der Waals surface area (Å²) in [5.41, 5.74) is 3.11. The fourth-order valence-electron chi connectivity index (χ4n) is 3.69. The van der Waals surface area contributed by atoms with E-state index in [-0.39, 0.29) is 36.4 Å². The number of rotatable bonds is 12. The maximum atomic E-state index is 12.7. The number of benzene rings is 3. The molecule has 1 unspecified atom stereocenters. The van der Waals surface area contributed by atoms with Gasteiger partial charge in [-0.25, -0.2) is 0 Å². The Morgan fingerprint density at radius 1 is 0.972 bits per heavy atom. The second kappa shape index (κ2) is 12.9. The molecule has 3 rings (SSSR count). The molecular weight excluding hydrogens is 460 g/mol. The van der Waals surface area contributed by atoms with Gasteiger partial charge in [0.05, 0.1) is 12.0 Å². The Bertz CT molecular complexity index is 1180. The number of aryl methyl sites for hydroxylation is 1. The van der Waals surface area contributed by atoms with Gasteiger partial charge in [-0.2, -0.15) is 0 Å². The number of hydrogen-bond donors (Lipinski definition) is 3. The Balaban J connectivity index is 1.58. The lowest BCUT2D eigenvalue weighted by atomic mass is 9.94. The first-order valence-corrected chi connectivity index (χ1v) is 11.6. The molecular formula is C27H30N4O5. The van der Waals surface area contributed by atoms with E-state index in [0.29, 0.717) is 18.7 Å². The van der Waals surface area contributed by atoms with E-state index in [4.69, 9.17) is 4.74 Å². The van der Waals surface area contributed by atoms with Gasteiger partial charge in [0.1, 0.15) is 5.75 Å². The number of non-ortho nitro benzene ring substituents is 1. The van der Waals surface area contributed by atoms with Crippen molar-refractivity contribution in [3.05, 3.63) is 99.6 Å². The molecule has 3 aromatic carbocycles. The average molecular weight is 491 g/mol. The molecule has 3 N–H and O–H groups in total. The lowest BCUT2D eigenvalue weighted by molar-refractivity contribution is -0.384. The summed E-state index contributed by atoms with van der Waals surface area (Å²) in [7, 11) is 1.61. The minimum absolute atomic E-state index is 0.0321. The number of carbonyl (C=O) groups excluding carboxylic acids is 2. The van der Waals surface area contributed by atoms with Gasteiger partial charge < -0.3 is 20.7 Å². The molecule has 188 valence electrons. The SMILES string of the molecule is COc1ccc(NCCNC(=O)CC(CNC(=O)c2cccc(C)c2)c2ccc([N+](=O)[O-])cc2)cc1. The van der Waals surface area contributed by atoms with E-state index in [2.05, 4.69) is 16.0 Å². The van der Waals surface area contributed by atoms with Gasteiger partial charge in [0.15, 0.2) is 0 Å². The summed E-state index contributed by atoms with van der Waals surface area (Å²) >= 11 is 0. The highest BCUT2D eigenvalue weighted by atomic mass is 16.6. The molecule has 36 heavy (non-hydrogen) atoms. The van der Waals surface area contributed by atoms with Crippen molar-refractivity contribution in [3.63, 3.8) is 0 Å². The van der Waals surface area contributed by atoms with Crippen molar-refractivity contribution in [1.29, 1.82) is 0 Å². The third kappa shape index (κ3) is 7.83. The van der Waals surface area contributed by atoms with Crippen molar-refractivity contribution >= 4 is 23.2 Å². The standard InChI is InChI=1S/C27H30N4O5/c1-19-4-3-5-21(16-19)27(33)30-18-22(20-6-10-24(11-7-20)31(34)35)17-26(32)29-15-14-28-23-8-12-25(36-2)13-9-23/h3-13,16,22,28H,14-15,17-18H2,1-2H3,(H,29,32)(H,30,33). The number of anilines is 1. The maximum Gasteiger partial charge on any atom is 0.269 e. The van der Waals surface area contributed by atoms with Crippen molar-refractivity contribution in [1.82, 2.24) is 10.6 Å². The van der Waals surface area contributed by atoms with E-state index < -0.39 is 4.92 Å². The first-order valence-electron chi connectivity index (χ1n) is 11.6. The van der Waals surface area contributed by atoms with Crippen LogP contribution in [0.3, 0.4) is 0 Å². The molecule has 0 heterocycles. The summed E-state index contributed by atoms with van der Waals surface area (Å²) in [6.45, 7) is 3.06. The van der Waals surface area contributed by atoms with E-state index in [1.807, 2.05) is 43.3 Å². The van der Waals surface area contributed by atoms with Gasteiger partial charge in [-0.3, -0.25) is 19.7 Å². The summed E-state index contributed by atoms with van der Waals surface area (Å²) < 4.78 is 5.14. The van der Waals surface area contributed by atoms with Gasteiger partial charge in [0, 0.05) is 55.4 Å². The predicted molar refractivity (Wildman–Crippen MR) is 138 cm³/mol. The van der Waals surface area contributed by atoms with Crippen molar-refractivity contribution in [3.8, 4) is 5.75 Å². The normalized spacial score (nSPS) is 11.3. The lowest BCUT2D eigenvalue weighted by Crippen LogP contribution is -2.33. The van der Waals surface area contributed by atoms with E-state index >= 15 is 0 Å². The topological polar surface area (TPSA) is 123 Å². The highest BCUT2D eigenvalue weighted by molar-refractivity contribution is 5.94. The highest BCUT2D eigenvalue weighted by Gasteiger charge is 2.19. The summed E-state index contributed by atoms with van der Waals surface area (Å²) in [6.07, 6.45) is 0.119. The second-order valence-electron chi connectivity index (χ2n) is 8.33. The van der Waals surface area contributed by atoms with E-state index in [0.717, 1.165) is 22.6 Å². The van der Waals surface area contributed by atoms with Crippen molar-refractivity contribution in [2.75, 3.05) is 32.1 Å². The summed E-state index contributed by atoms with van der Waals surface area (Å²) in [6, 6.07) is 20.8. The molecule has 0 aliphatic heterocycles. The van der Waals surface area contributed by atoms with Gasteiger partial charge in [0.2, 0.25) is 5.91 Å². The van der Waals surface area contributed by atoms with Gasteiger partial charge in [-0.05, 0) is 48.9 Å². The third-order valence-corrected chi connectivity index (χ3v) is 5.66. The molecule has 0 bridgehead atoms. The van der Waals surface area contributed by atoms with Crippen molar-refractivity contribution in [2.45, 2.75) is 19.3 Å². The molecule has 0 aromatic heterocycles. The van der Waals surface area contributed by atoms with Crippen LogP contribution in [0.4, 0.5) is 11.4 Å². The molecule has 0 aliphatic rings. The minimum atomic E-state index is -0.471. The zero-order valence-corrected chi connectivity index (χ0v) is 20.3. The largest absolute Gasteiger partial charge is 0.497 e. The quantitative estimate of drug-likeness (QED) is 0.200. The number of hydrogen-bond acceptors (Lipinski definition) is 6. The van der Waals surface area contributed by atoms with Crippen LogP contribution in [-0.4, -0.2) is 43.5 Å². The fourth-order valence-corrected chi connectivity index (χ4v) is 3.69. The highest BCUT2D eigenvalue weighted by Crippen LogP contribution is 2.22. The van der Waals surface area contributed by atoms with Crippen LogP contribution >= 0.6 is 0 Å². The zero-order chi connectivity index (χ0) is 25.9. The molecule has 2 amide bonds. The zero-order valence-electron chi connectivity index (χ0n) is 20.3. The molecule has 0 saturated heterocycles. The number of nitrogens with one attached hydrogen (secondary N) is 3. The molecule has 0 saturated carbocycles. The second-order valence-corrected chi connectivity index (χ2v) is 8.33.